The minimum atomic E-state index is 1.09. The molecular weight excluding hydrogens is 130 g/mol. The van der Waals surface area contributed by atoms with Crippen LogP contribution in [-0.4, -0.2) is 29.6 Å². The number of rotatable bonds is 2. The van der Waals surface area contributed by atoms with E-state index in [1.807, 2.05) is 11.8 Å². The van der Waals surface area contributed by atoms with Crippen LogP contribution in [0.1, 0.15) is 6.92 Å². The van der Waals surface area contributed by atoms with Crippen molar-refractivity contribution in [3.63, 3.8) is 0 Å². The molecule has 2 heteroatoms. The Kier molecular flexibility index (Phi) is 2.61. The number of thioether (sulfide) groups is 1. The Hall–Kier alpha value is 0.0500. The smallest absolute Gasteiger partial charge is 0.0448 e. The van der Waals surface area contributed by atoms with Crippen molar-refractivity contribution in [1.82, 2.24) is 4.90 Å². The summed E-state index contributed by atoms with van der Waals surface area (Å²) >= 11 is 2.01. The van der Waals surface area contributed by atoms with Crippen LogP contribution in [0.15, 0.2) is 12.2 Å². The monoisotopic (exact) mass is 143 g/mol. The summed E-state index contributed by atoms with van der Waals surface area (Å²) in [6, 6.07) is 0. The summed E-state index contributed by atoms with van der Waals surface area (Å²) in [6.07, 6.45) is 0. The van der Waals surface area contributed by atoms with Gasteiger partial charge in [0.2, 0.25) is 0 Å². The highest BCUT2D eigenvalue weighted by atomic mass is 32.2. The van der Waals surface area contributed by atoms with Gasteiger partial charge in [0.15, 0.2) is 0 Å². The van der Waals surface area contributed by atoms with Gasteiger partial charge < -0.3 is 0 Å². The van der Waals surface area contributed by atoms with Crippen LogP contribution >= 0.6 is 11.8 Å². The summed E-state index contributed by atoms with van der Waals surface area (Å²) in [7, 11) is 0. The maximum Gasteiger partial charge on any atom is 0.0448 e. The van der Waals surface area contributed by atoms with E-state index in [9.17, 15) is 0 Å². The van der Waals surface area contributed by atoms with Gasteiger partial charge in [-0.2, -0.15) is 0 Å². The van der Waals surface area contributed by atoms with Crippen LogP contribution < -0.4 is 0 Å². The third-order valence-electron chi connectivity index (χ3n) is 1.32. The summed E-state index contributed by atoms with van der Waals surface area (Å²) in [5.41, 5.74) is 1.28. The Morgan fingerprint density at radius 1 is 1.78 bits per heavy atom. The predicted molar refractivity (Wildman–Crippen MR) is 43.7 cm³/mol. The molecule has 0 atom stereocenters. The van der Waals surface area contributed by atoms with Crippen molar-refractivity contribution in [1.29, 1.82) is 0 Å². The predicted octanol–water partition coefficient (Wildman–Crippen LogP) is 1.57. The molecule has 0 N–H and O–H groups in total. The molecule has 0 bridgehead atoms. The fourth-order valence-electron chi connectivity index (χ4n) is 0.958. The molecule has 0 spiro atoms. The van der Waals surface area contributed by atoms with E-state index in [0.717, 1.165) is 6.54 Å². The lowest BCUT2D eigenvalue weighted by atomic mass is 10.3. The minimum Gasteiger partial charge on any atom is -0.289 e. The van der Waals surface area contributed by atoms with Crippen LogP contribution in [0.3, 0.4) is 0 Å². The number of hydrogen-bond acceptors (Lipinski definition) is 2. The van der Waals surface area contributed by atoms with Gasteiger partial charge >= 0.3 is 0 Å². The molecule has 1 nitrogen and oxygen atoms in total. The average molecular weight is 143 g/mol. The van der Waals surface area contributed by atoms with E-state index in [-0.39, 0.29) is 0 Å². The number of hydrogen-bond donors (Lipinski definition) is 0. The molecule has 1 rings (SSSR count). The molecule has 0 aliphatic carbocycles. The van der Waals surface area contributed by atoms with Crippen molar-refractivity contribution in [3.05, 3.63) is 12.2 Å². The van der Waals surface area contributed by atoms with Crippen LogP contribution in [0.5, 0.6) is 0 Å². The molecule has 1 saturated heterocycles. The minimum absolute atomic E-state index is 1.09. The van der Waals surface area contributed by atoms with Crippen LogP contribution in [0.4, 0.5) is 0 Å². The molecule has 1 aliphatic heterocycles. The Balaban J connectivity index is 2.19. The average Bonchev–Trinajstić information content (AvgIpc) is 2.15. The fraction of sp³-hybridized carbons (Fsp3) is 0.714. The van der Waals surface area contributed by atoms with Crippen LogP contribution in [0.2, 0.25) is 0 Å². The van der Waals surface area contributed by atoms with Crippen molar-refractivity contribution in [2.24, 2.45) is 0 Å². The zero-order valence-electron chi connectivity index (χ0n) is 5.89. The molecular formula is C7H13NS. The quantitative estimate of drug-likeness (QED) is 0.540. The molecule has 1 fully saturated rings. The maximum atomic E-state index is 3.87. The van der Waals surface area contributed by atoms with Gasteiger partial charge in [-0.05, 0) is 6.92 Å². The molecule has 1 heterocycles. The van der Waals surface area contributed by atoms with Gasteiger partial charge in [0.25, 0.3) is 0 Å². The summed E-state index contributed by atoms with van der Waals surface area (Å²) < 4.78 is 0. The molecule has 0 amide bonds. The van der Waals surface area contributed by atoms with E-state index in [0.29, 0.717) is 0 Å². The van der Waals surface area contributed by atoms with Crippen molar-refractivity contribution in [2.75, 3.05) is 24.7 Å². The first kappa shape index (κ1) is 7.16. The Labute approximate surface area is 61.1 Å². The maximum absolute atomic E-state index is 3.87. The van der Waals surface area contributed by atoms with E-state index in [2.05, 4.69) is 18.4 Å². The summed E-state index contributed by atoms with van der Waals surface area (Å²) in [5.74, 6) is 2.50. The van der Waals surface area contributed by atoms with Crippen LogP contribution in [0, 0.1) is 0 Å². The topological polar surface area (TPSA) is 3.24 Å². The summed E-state index contributed by atoms with van der Waals surface area (Å²) in [4.78, 5) is 2.42. The van der Waals surface area contributed by atoms with Gasteiger partial charge in [-0.1, -0.05) is 12.2 Å². The largest absolute Gasteiger partial charge is 0.289 e. The molecule has 0 saturated carbocycles. The lowest BCUT2D eigenvalue weighted by Gasteiger charge is -2.12. The molecule has 0 aromatic heterocycles. The van der Waals surface area contributed by atoms with Crippen molar-refractivity contribution < 1.29 is 0 Å². The van der Waals surface area contributed by atoms with Gasteiger partial charge in [0, 0.05) is 24.7 Å². The van der Waals surface area contributed by atoms with Crippen molar-refractivity contribution >= 4 is 11.8 Å². The SMILES string of the molecule is C=C(C)CN1CCSC1. The Morgan fingerprint density at radius 3 is 3.00 bits per heavy atom. The van der Waals surface area contributed by atoms with Crippen molar-refractivity contribution in [2.45, 2.75) is 6.92 Å². The molecule has 0 radical (unpaired) electrons. The second kappa shape index (κ2) is 3.28. The van der Waals surface area contributed by atoms with Gasteiger partial charge in [-0.15, -0.1) is 11.8 Å². The second-order valence-electron chi connectivity index (χ2n) is 2.55. The standard InChI is InChI=1S/C7H13NS/c1-7(2)5-8-3-4-9-6-8/h1,3-6H2,2H3. The van der Waals surface area contributed by atoms with Gasteiger partial charge in [0.05, 0.1) is 0 Å². The lowest BCUT2D eigenvalue weighted by Crippen LogP contribution is -2.20. The van der Waals surface area contributed by atoms with Crippen LogP contribution in [0.25, 0.3) is 0 Å². The van der Waals surface area contributed by atoms with Gasteiger partial charge in [0.1, 0.15) is 0 Å². The molecule has 0 unspecified atom stereocenters. The Bertz CT molecular complexity index is 105. The summed E-state index contributed by atoms with van der Waals surface area (Å²) in [5, 5.41) is 0. The van der Waals surface area contributed by atoms with Gasteiger partial charge in [-0.25, -0.2) is 0 Å². The van der Waals surface area contributed by atoms with Gasteiger partial charge in [-0.3, -0.25) is 4.90 Å². The Morgan fingerprint density at radius 2 is 2.56 bits per heavy atom. The third kappa shape index (κ3) is 2.41. The fourth-order valence-corrected chi connectivity index (χ4v) is 1.95. The normalized spacial score (nSPS) is 20.6. The molecule has 52 valence electrons. The van der Waals surface area contributed by atoms with E-state index in [1.54, 1.807) is 0 Å². The highest BCUT2D eigenvalue weighted by molar-refractivity contribution is 7.99. The highest BCUT2D eigenvalue weighted by Crippen LogP contribution is 2.13. The molecule has 0 aromatic rings. The molecule has 1 aliphatic rings. The second-order valence-corrected chi connectivity index (χ2v) is 3.62. The zero-order valence-corrected chi connectivity index (χ0v) is 6.71. The highest BCUT2D eigenvalue weighted by Gasteiger charge is 2.10. The first-order valence-electron chi connectivity index (χ1n) is 3.23. The first-order chi connectivity index (χ1) is 4.29. The van der Waals surface area contributed by atoms with E-state index >= 15 is 0 Å². The van der Waals surface area contributed by atoms with E-state index in [1.165, 1.54) is 23.7 Å². The van der Waals surface area contributed by atoms with Crippen molar-refractivity contribution in [3.8, 4) is 0 Å². The van der Waals surface area contributed by atoms with E-state index < -0.39 is 0 Å². The lowest BCUT2D eigenvalue weighted by molar-refractivity contribution is 0.387. The van der Waals surface area contributed by atoms with Crippen LogP contribution in [-0.2, 0) is 0 Å². The zero-order chi connectivity index (χ0) is 6.69. The van der Waals surface area contributed by atoms with E-state index in [4.69, 9.17) is 0 Å². The number of nitrogens with zero attached hydrogens (tertiary/aromatic N) is 1. The third-order valence-corrected chi connectivity index (χ3v) is 2.34. The molecule has 0 aromatic carbocycles. The first-order valence-corrected chi connectivity index (χ1v) is 4.39. The summed E-state index contributed by atoms with van der Waals surface area (Å²) in [6.45, 7) is 8.29. The molecule has 9 heavy (non-hydrogen) atoms.